The van der Waals surface area contributed by atoms with Gasteiger partial charge in [-0.1, -0.05) is 55.1 Å². The second-order valence-electron chi connectivity index (χ2n) is 7.04. The molecule has 2 aromatic carbocycles. The molecule has 0 aliphatic heterocycles. The number of hydrazone groups is 1. The predicted octanol–water partition coefficient (Wildman–Crippen LogP) is 4.30. The van der Waals surface area contributed by atoms with E-state index in [0.29, 0.717) is 22.8 Å². The molecule has 0 fully saturated rings. The van der Waals surface area contributed by atoms with Crippen molar-refractivity contribution < 1.29 is 14.3 Å². The molecule has 0 spiro atoms. The summed E-state index contributed by atoms with van der Waals surface area (Å²) in [5.41, 5.74) is 3.35. The largest absolute Gasteiger partial charge is 0.480 e. The maximum atomic E-state index is 12.7. The van der Waals surface area contributed by atoms with Gasteiger partial charge in [-0.2, -0.15) is 5.10 Å². The molecule has 0 unspecified atom stereocenters. The number of benzene rings is 2. The lowest BCUT2D eigenvalue weighted by Gasteiger charge is -2.19. The van der Waals surface area contributed by atoms with E-state index in [1.807, 2.05) is 19.9 Å². The summed E-state index contributed by atoms with van der Waals surface area (Å²) < 4.78 is 5.45. The highest BCUT2D eigenvalue weighted by molar-refractivity contribution is 6.36. The second-order valence-corrected chi connectivity index (χ2v) is 7.89. The molecule has 0 aliphatic rings. The van der Waals surface area contributed by atoms with Gasteiger partial charge in [0.1, 0.15) is 18.4 Å². The van der Waals surface area contributed by atoms with Gasteiger partial charge in [0.15, 0.2) is 0 Å². The van der Waals surface area contributed by atoms with Gasteiger partial charge in [-0.15, -0.1) is 6.42 Å². The number of rotatable bonds is 9. The molecule has 0 heterocycles. The summed E-state index contributed by atoms with van der Waals surface area (Å²) in [6.07, 6.45) is 7.09. The molecule has 0 saturated heterocycles. The number of hydrogen-bond donors (Lipinski definition) is 2. The van der Waals surface area contributed by atoms with Crippen molar-refractivity contribution in [3.05, 3.63) is 63.6 Å². The van der Waals surface area contributed by atoms with Crippen LogP contribution in [0.15, 0.2) is 47.6 Å². The number of terminal acetylenes is 1. The monoisotopic (exact) mass is 459 g/mol. The van der Waals surface area contributed by atoms with Crippen molar-refractivity contribution in [3.8, 4) is 18.1 Å². The Bertz CT molecular complexity index is 1000. The number of ether oxygens (including phenoxy) is 1. The van der Waals surface area contributed by atoms with Gasteiger partial charge in [0.2, 0.25) is 0 Å². The second kappa shape index (κ2) is 12.0. The Hall–Kier alpha value is -3.01. The van der Waals surface area contributed by atoms with Crippen molar-refractivity contribution in [1.29, 1.82) is 0 Å². The number of halogens is 2. The third-order valence-corrected chi connectivity index (χ3v) is 4.66. The molecule has 8 heteroatoms. The van der Waals surface area contributed by atoms with Crippen LogP contribution in [0.1, 0.15) is 36.2 Å². The van der Waals surface area contributed by atoms with Crippen LogP contribution in [0.5, 0.6) is 5.75 Å². The minimum absolute atomic E-state index is 0.118. The number of nitrogens with zero attached hydrogens (tertiary/aromatic N) is 1. The van der Waals surface area contributed by atoms with Gasteiger partial charge in [-0.05, 0) is 42.7 Å². The predicted molar refractivity (Wildman–Crippen MR) is 124 cm³/mol. The molecule has 0 aliphatic carbocycles. The van der Waals surface area contributed by atoms with E-state index in [1.165, 1.54) is 18.3 Å². The number of carbonyl (C=O) groups excluding carboxylic acids is 2. The lowest BCUT2D eigenvalue weighted by atomic mass is 10.0. The molecule has 0 saturated carbocycles. The van der Waals surface area contributed by atoms with Gasteiger partial charge in [-0.25, -0.2) is 5.43 Å². The fourth-order valence-corrected chi connectivity index (χ4v) is 3.19. The summed E-state index contributed by atoms with van der Waals surface area (Å²) in [7, 11) is 0. The standard InChI is InChI=1S/C23H23Cl2N3O3/c1-4-11-31-21-8-6-5-7-16(21)14-26-28-23(30)20(12-15(2)3)27-22(29)18-10-9-17(24)13-19(18)25/h1,5-10,13-15,20H,11-12H2,2-3H3,(H,27,29)(H,28,30)/b26-14-/t20-/m1/s1. The molecule has 6 nitrogen and oxygen atoms in total. The van der Waals surface area contributed by atoms with Crippen molar-refractivity contribution in [3.63, 3.8) is 0 Å². The molecule has 0 aromatic heterocycles. The average molecular weight is 460 g/mol. The maximum absolute atomic E-state index is 12.7. The van der Waals surface area contributed by atoms with E-state index < -0.39 is 17.9 Å². The molecule has 162 valence electrons. The minimum atomic E-state index is -0.802. The number of amides is 2. The topological polar surface area (TPSA) is 79.8 Å². The normalized spacial score (nSPS) is 11.7. The fourth-order valence-electron chi connectivity index (χ4n) is 2.69. The first-order valence-corrected chi connectivity index (χ1v) is 10.3. The molecule has 2 rings (SSSR count). The van der Waals surface area contributed by atoms with E-state index in [4.69, 9.17) is 34.4 Å². The first-order valence-electron chi connectivity index (χ1n) is 9.56. The third kappa shape index (κ3) is 7.63. The Morgan fingerprint density at radius 3 is 2.65 bits per heavy atom. The summed E-state index contributed by atoms with van der Waals surface area (Å²) in [5.74, 6) is 2.17. The Labute approximate surface area is 192 Å². The summed E-state index contributed by atoms with van der Waals surface area (Å²) in [4.78, 5) is 25.3. The zero-order chi connectivity index (χ0) is 22.8. The molecular weight excluding hydrogens is 437 g/mol. The van der Waals surface area contributed by atoms with Gasteiger partial charge in [0.05, 0.1) is 16.8 Å². The molecule has 2 amide bonds. The molecule has 2 N–H and O–H groups in total. The van der Waals surface area contributed by atoms with Gasteiger partial charge in [0.25, 0.3) is 11.8 Å². The van der Waals surface area contributed by atoms with Gasteiger partial charge >= 0.3 is 0 Å². The van der Waals surface area contributed by atoms with Crippen molar-refractivity contribution in [2.45, 2.75) is 26.3 Å². The van der Waals surface area contributed by atoms with Gasteiger partial charge < -0.3 is 10.1 Å². The molecule has 2 aromatic rings. The summed E-state index contributed by atoms with van der Waals surface area (Å²) in [5, 5.41) is 7.33. The Morgan fingerprint density at radius 1 is 1.23 bits per heavy atom. The third-order valence-electron chi connectivity index (χ3n) is 4.11. The molecule has 1 atom stereocenters. The number of nitrogens with one attached hydrogen (secondary N) is 2. The van der Waals surface area contributed by atoms with E-state index in [9.17, 15) is 9.59 Å². The van der Waals surface area contributed by atoms with Gasteiger partial charge in [-0.3, -0.25) is 9.59 Å². The average Bonchev–Trinajstić information content (AvgIpc) is 2.72. The highest BCUT2D eigenvalue weighted by Gasteiger charge is 2.23. The van der Waals surface area contributed by atoms with Crippen LogP contribution in [0.25, 0.3) is 0 Å². The SMILES string of the molecule is C#CCOc1ccccc1/C=N\NC(=O)[C@@H](CC(C)C)NC(=O)c1ccc(Cl)cc1Cl. The molecular formula is C23H23Cl2N3O3. The van der Waals surface area contributed by atoms with Crippen molar-refractivity contribution in [2.24, 2.45) is 11.0 Å². The summed E-state index contributed by atoms with van der Waals surface area (Å²) in [6, 6.07) is 10.9. The first-order chi connectivity index (χ1) is 14.8. The lowest BCUT2D eigenvalue weighted by Crippen LogP contribution is -2.46. The van der Waals surface area contributed by atoms with Crippen molar-refractivity contribution in [1.82, 2.24) is 10.7 Å². The summed E-state index contributed by atoms with van der Waals surface area (Å²) in [6.45, 7) is 4.01. The van der Waals surface area contributed by atoms with Crippen LogP contribution in [0.3, 0.4) is 0 Å². The molecule has 0 radical (unpaired) electrons. The van der Waals surface area contributed by atoms with E-state index in [2.05, 4.69) is 21.8 Å². The van der Waals surface area contributed by atoms with Crippen LogP contribution < -0.4 is 15.5 Å². The van der Waals surface area contributed by atoms with E-state index in [0.717, 1.165) is 0 Å². The molecule has 31 heavy (non-hydrogen) atoms. The van der Waals surface area contributed by atoms with E-state index >= 15 is 0 Å². The lowest BCUT2D eigenvalue weighted by molar-refractivity contribution is -0.123. The smallest absolute Gasteiger partial charge is 0.262 e. The van der Waals surface area contributed by atoms with Crippen LogP contribution in [0.2, 0.25) is 10.0 Å². The van der Waals surface area contributed by atoms with Crippen LogP contribution in [-0.4, -0.2) is 30.7 Å². The molecule has 0 bridgehead atoms. The van der Waals surface area contributed by atoms with Crippen LogP contribution in [0.4, 0.5) is 0 Å². The summed E-state index contributed by atoms with van der Waals surface area (Å²) >= 11 is 12.0. The highest BCUT2D eigenvalue weighted by atomic mass is 35.5. The number of carbonyl (C=O) groups is 2. The van der Waals surface area contributed by atoms with Gasteiger partial charge in [0, 0.05) is 10.6 Å². The zero-order valence-electron chi connectivity index (χ0n) is 17.2. The van der Waals surface area contributed by atoms with E-state index in [1.54, 1.807) is 24.3 Å². The quantitative estimate of drug-likeness (QED) is 0.333. The number of hydrogen-bond acceptors (Lipinski definition) is 4. The van der Waals surface area contributed by atoms with Crippen molar-refractivity contribution in [2.75, 3.05) is 6.61 Å². The number of para-hydroxylation sites is 1. The minimum Gasteiger partial charge on any atom is -0.480 e. The fraction of sp³-hybridized carbons (Fsp3) is 0.261. The van der Waals surface area contributed by atoms with E-state index in [-0.39, 0.29) is 23.1 Å². The first kappa shape index (κ1) is 24.3. The Balaban J connectivity index is 2.09. The highest BCUT2D eigenvalue weighted by Crippen LogP contribution is 2.21. The maximum Gasteiger partial charge on any atom is 0.262 e. The Kier molecular flexibility index (Phi) is 9.39. The zero-order valence-corrected chi connectivity index (χ0v) is 18.7. The van der Waals surface area contributed by atoms with Crippen LogP contribution >= 0.6 is 23.2 Å². The van der Waals surface area contributed by atoms with Crippen LogP contribution in [0, 0.1) is 18.3 Å². The Morgan fingerprint density at radius 2 is 1.97 bits per heavy atom. The van der Waals surface area contributed by atoms with Crippen molar-refractivity contribution >= 4 is 41.2 Å². The van der Waals surface area contributed by atoms with Crippen LogP contribution in [-0.2, 0) is 4.79 Å².